The van der Waals surface area contributed by atoms with Crippen LogP contribution in [0.2, 0.25) is 9.36 Å². The molecule has 8 nitrogen and oxygen atoms in total. The predicted octanol–water partition coefficient (Wildman–Crippen LogP) is 4.10. The SMILES string of the molecule is O=C(CCCn1c(=O)c2cc(Cl)ccc2n(CC(=O)c2ccc(Cl)s2)c1=O)NCc1ccco1. The average molecular weight is 520 g/mol. The first kappa shape index (κ1) is 24.0. The molecule has 0 aliphatic heterocycles. The smallest absolute Gasteiger partial charge is 0.331 e. The van der Waals surface area contributed by atoms with Crippen molar-refractivity contribution in [2.45, 2.75) is 32.5 Å². The van der Waals surface area contributed by atoms with Gasteiger partial charge in [0.2, 0.25) is 5.91 Å². The maximum Gasteiger partial charge on any atom is 0.331 e. The quantitative estimate of drug-likeness (QED) is 0.335. The zero-order valence-electron chi connectivity index (χ0n) is 17.8. The summed E-state index contributed by atoms with van der Waals surface area (Å²) in [5.74, 6) is 0.0756. The largest absolute Gasteiger partial charge is 0.467 e. The molecule has 176 valence electrons. The van der Waals surface area contributed by atoms with Gasteiger partial charge in [0.15, 0.2) is 5.78 Å². The van der Waals surface area contributed by atoms with Gasteiger partial charge < -0.3 is 9.73 Å². The Balaban J connectivity index is 1.57. The van der Waals surface area contributed by atoms with Gasteiger partial charge in [0, 0.05) is 18.0 Å². The second kappa shape index (κ2) is 10.4. The third kappa shape index (κ3) is 5.32. The monoisotopic (exact) mass is 519 g/mol. The minimum atomic E-state index is -0.633. The van der Waals surface area contributed by atoms with Crippen molar-refractivity contribution >= 4 is 57.1 Å². The molecule has 0 atom stereocenters. The molecular weight excluding hydrogens is 501 g/mol. The van der Waals surface area contributed by atoms with Crippen molar-refractivity contribution in [1.82, 2.24) is 14.5 Å². The van der Waals surface area contributed by atoms with Gasteiger partial charge in [0.1, 0.15) is 5.76 Å². The summed E-state index contributed by atoms with van der Waals surface area (Å²) in [5.41, 5.74) is -0.851. The fourth-order valence-corrected chi connectivity index (χ4v) is 4.66. The van der Waals surface area contributed by atoms with Gasteiger partial charge in [-0.05, 0) is 48.9 Å². The van der Waals surface area contributed by atoms with Gasteiger partial charge in [0.05, 0.1) is 39.5 Å². The van der Waals surface area contributed by atoms with Crippen molar-refractivity contribution in [3.63, 3.8) is 0 Å². The lowest BCUT2D eigenvalue weighted by molar-refractivity contribution is -0.121. The minimum absolute atomic E-state index is 0.00725. The van der Waals surface area contributed by atoms with Crippen molar-refractivity contribution < 1.29 is 14.0 Å². The summed E-state index contributed by atoms with van der Waals surface area (Å²) in [6, 6.07) is 11.2. The number of hydrogen-bond donors (Lipinski definition) is 1. The van der Waals surface area contributed by atoms with Gasteiger partial charge in [-0.2, -0.15) is 0 Å². The Morgan fingerprint density at radius 1 is 1.06 bits per heavy atom. The molecule has 0 unspecified atom stereocenters. The topological polar surface area (TPSA) is 103 Å². The lowest BCUT2D eigenvalue weighted by Gasteiger charge is -2.14. The number of ketones is 1. The van der Waals surface area contributed by atoms with Crippen LogP contribution in [0.25, 0.3) is 10.9 Å². The van der Waals surface area contributed by atoms with E-state index >= 15 is 0 Å². The molecule has 11 heteroatoms. The number of amides is 1. The Morgan fingerprint density at radius 3 is 2.59 bits per heavy atom. The summed E-state index contributed by atoms with van der Waals surface area (Å²) in [6.45, 7) is -0.00700. The van der Waals surface area contributed by atoms with Gasteiger partial charge in [-0.1, -0.05) is 23.2 Å². The molecule has 3 heterocycles. The van der Waals surface area contributed by atoms with E-state index in [0.29, 0.717) is 25.5 Å². The highest BCUT2D eigenvalue weighted by Crippen LogP contribution is 2.23. The number of carbonyl (C=O) groups is 2. The van der Waals surface area contributed by atoms with E-state index in [4.69, 9.17) is 27.6 Å². The summed E-state index contributed by atoms with van der Waals surface area (Å²) in [4.78, 5) is 51.6. The number of aromatic nitrogens is 2. The Hall–Kier alpha value is -3.14. The number of rotatable bonds is 9. The molecule has 0 spiro atoms. The molecule has 0 aliphatic rings. The number of nitrogens with one attached hydrogen (secondary N) is 1. The van der Waals surface area contributed by atoms with E-state index in [0.717, 1.165) is 15.9 Å². The first-order valence-corrected chi connectivity index (χ1v) is 11.9. The number of thiophene rings is 1. The summed E-state index contributed by atoms with van der Waals surface area (Å²) >= 11 is 13.1. The number of Topliss-reactive ketones (excluding diaryl/α,β-unsaturated/α-hetero) is 1. The maximum absolute atomic E-state index is 13.2. The molecule has 1 aromatic carbocycles. The Labute approximate surface area is 207 Å². The first-order valence-electron chi connectivity index (χ1n) is 10.3. The van der Waals surface area contributed by atoms with E-state index < -0.39 is 11.2 Å². The van der Waals surface area contributed by atoms with Crippen LogP contribution >= 0.6 is 34.5 Å². The Bertz CT molecular complexity index is 1470. The third-order valence-corrected chi connectivity index (χ3v) is 6.67. The van der Waals surface area contributed by atoms with Gasteiger partial charge in [-0.15, -0.1) is 11.3 Å². The van der Waals surface area contributed by atoms with Crippen LogP contribution in [-0.2, 0) is 24.4 Å². The molecular formula is C23H19Cl2N3O5S. The third-order valence-electron chi connectivity index (χ3n) is 5.16. The lowest BCUT2D eigenvalue weighted by atomic mass is 10.2. The molecule has 1 N–H and O–H groups in total. The molecule has 4 aromatic rings. The zero-order valence-corrected chi connectivity index (χ0v) is 20.1. The van der Waals surface area contributed by atoms with Crippen LogP contribution in [0.1, 0.15) is 28.3 Å². The van der Waals surface area contributed by atoms with E-state index in [1.54, 1.807) is 36.4 Å². The molecule has 0 saturated heterocycles. The fourth-order valence-electron chi connectivity index (χ4n) is 3.52. The minimum Gasteiger partial charge on any atom is -0.467 e. The fraction of sp³-hybridized carbons (Fsp3) is 0.217. The Morgan fingerprint density at radius 2 is 1.88 bits per heavy atom. The van der Waals surface area contributed by atoms with E-state index in [1.165, 1.54) is 16.9 Å². The predicted molar refractivity (Wildman–Crippen MR) is 131 cm³/mol. The molecule has 1 amide bonds. The normalized spacial score (nSPS) is 11.1. The maximum atomic E-state index is 13.2. The molecule has 0 radical (unpaired) electrons. The number of furan rings is 1. The summed E-state index contributed by atoms with van der Waals surface area (Å²) in [5, 5.41) is 3.26. The van der Waals surface area contributed by atoms with Crippen molar-refractivity contribution in [2.75, 3.05) is 0 Å². The molecule has 0 saturated carbocycles. The second-order valence-electron chi connectivity index (χ2n) is 7.47. The highest BCUT2D eigenvalue weighted by Gasteiger charge is 2.18. The molecule has 0 aliphatic carbocycles. The molecule has 3 aromatic heterocycles. The van der Waals surface area contributed by atoms with Crippen LogP contribution in [0.15, 0.2) is 62.7 Å². The van der Waals surface area contributed by atoms with Crippen LogP contribution in [0.3, 0.4) is 0 Å². The van der Waals surface area contributed by atoms with Crippen molar-refractivity contribution in [2.24, 2.45) is 0 Å². The van der Waals surface area contributed by atoms with E-state index in [-0.39, 0.29) is 49.6 Å². The average Bonchev–Trinajstić information content (AvgIpc) is 3.49. The van der Waals surface area contributed by atoms with Crippen molar-refractivity contribution in [1.29, 1.82) is 0 Å². The van der Waals surface area contributed by atoms with Crippen molar-refractivity contribution in [3.8, 4) is 0 Å². The second-order valence-corrected chi connectivity index (χ2v) is 9.63. The van der Waals surface area contributed by atoms with E-state index in [9.17, 15) is 19.2 Å². The molecule has 34 heavy (non-hydrogen) atoms. The molecule has 4 rings (SSSR count). The summed E-state index contributed by atoms with van der Waals surface area (Å²) in [6.07, 6.45) is 1.87. The van der Waals surface area contributed by atoms with Crippen LogP contribution in [0, 0.1) is 0 Å². The lowest BCUT2D eigenvalue weighted by Crippen LogP contribution is -2.41. The molecule has 0 bridgehead atoms. The summed E-state index contributed by atoms with van der Waals surface area (Å²) < 4.78 is 7.91. The number of fused-ring (bicyclic) bond motifs is 1. The first-order chi connectivity index (χ1) is 16.3. The van der Waals surface area contributed by atoms with Gasteiger partial charge in [-0.25, -0.2) is 4.79 Å². The van der Waals surface area contributed by atoms with E-state index in [2.05, 4.69) is 5.32 Å². The number of halogens is 2. The van der Waals surface area contributed by atoms with Crippen LogP contribution in [0.4, 0.5) is 0 Å². The highest BCUT2D eigenvalue weighted by atomic mass is 35.5. The molecule has 0 fully saturated rings. The van der Waals surface area contributed by atoms with Crippen LogP contribution < -0.4 is 16.6 Å². The number of hydrogen-bond acceptors (Lipinski definition) is 6. The Kier molecular flexibility index (Phi) is 7.35. The van der Waals surface area contributed by atoms with Crippen molar-refractivity contribution in [3.05, 3.63) is 89.6 Å². The standard InChI is InChI=1S/C23H19Cl2N3O5S/c24-14-5-6-17-16(11-14)22(31)27(9-1-4-21(30)26-12-15-3-2-10-33-15)23(32)28(17)13-18(29)19-7-8-20(25)34-19/h2-3,5-8,10-11H,1,4,9,12-13H2,(H,26,30). The zero-order chi connectivity index (χ0) is 24.2. The van der Waals surface area contributed by atoms with Crippen LogP contribution in [-0.4, -0.2) is 20.8 Å². The van der Waals surface area contributed by atoms with E-state index in [1.807, 2.05) is 0 Å². The number of nitrogens with zero attached hydrogens (tertiary/aromatic N) is 2. The van der Waals surface area contributed by atoms with Gasteiger partial charge in [-0.3, -0.25) is 23.5 Å². The highest BCUT2D eigenvalue weighted by molar-refractivity contribution is 7.18. The number of carbonyl (C=O) groups excluding carboxylic acids is 2. The summed E-state index contributed by atoms with van der Waals surface area (Å²) in [7, 11) is 0. The van der Waals surface area contributed by atoms with Gasteiger partial charge >= 0.3 is 5.69 Å². The van der Waals surface area contributed by atoms with Crippen LogP contribution in [0.5, 0.6) is 0 Å². The van der Waals surface area contributed by atoms with Gasteiger partial charge in [0.25, 0.3) is 5.56 Å². The number of benzene rings is 1.